The van der Waals surface area contributed by atoms with E-state index in [-0.39, 0.29) is 17.4 Å². The van der Waals surface area contributed by atoms with Crippen LogP contribution in [0.1, 0.15) is 70.5 Å². The number of amides is 1. The molecule has 1 aromatic heterocycles. The van der Waals surface area contributed by atoms with Crippen molar-refractivity contribution in [3.05, 3.63) is 36.0 Å². The first-order valence-electron chi connectivity index (χ1n) is 11.2. The molecule has 1 amide bonds. The van der Waals surface area contributed by atoms with Crippen molar-refractivity contribution in [1.29, 1.82) is 0 Å². The van der Waals surface area contributed by atoms with Crippen molar-refractivity contribution < 1.29 is 19.7 Å². The quantitative estimate of drug-likeness (QED) is 0.472. The van der Waals surface area contributed by atoms with Gasteiger partial charge in [0.05, 0.1) is 18.2 Å². The lowest BCUT2D eigenvalue weighted by Crippen LogP contribution is -2.60. The van der Waals surface area contributed by atoms with Crippen molar-refractivity contribution in [2.24, 2.45) is 5.41 Å². The molecule has 7 heteroatoms. The van der Waals surface area contributed by atoms with Gasteiger partial charge in [0.25, 0.3) is 0 Å². The largest absolute Gasteiger partial charge is 0.468 e. The monoisotopic (exact) mass is 431 g/mol. The molecule has 1 aliphatic heterocycles. The minimum Gasteiger partial charge on any atom is -0.468 e. The van der Waals surface area contributed by atoms with Crippen LogP contribution in [0.25, 0.3) is 0 Å². The molecule has 2 heterocycles. The maximum Gasteiger partial charge on any atom is 0.218 e. The van der Waals surface area contributed by atoms with Gasteiger partial charge in [-0.3, -0.25) is 4.79 Å². The maximum absolute atomic E-state index is 11.5. The Morgan fingerprint density at radius 3 is 2.77 bits per heavy atom. The van der Waals surface area contributed by atoms with Crippen molar-refractivity contribution in [2.75, 3.05) is 6.54 Å². The van der Waals surface area contributed by atoms with E-state index in [2.05, 4.69) is 49.0 Å². The third-order valence-corrected chi connectivity index (χ3v) is 6.19. The highest BCUT2D eigenvalue weighted by Crippen LogP contribution is 2.48. The normalized spacial score (nSPS) is 26.9. The number of carbonyl (C=O) groups excluding carboxylic acids is 1. The fourth-order valence-electron chi connectivity index (χ4n) is 4.54. The first kappa shape index (κ1) is 23.7. The van der Waals surface area contributed by atoms with Crippen molar-refractivity contribution in [1.82, 2.24) is 15.6 Å². The van der Waals surface area contributed by atoms with Crippen molar-refractivity contribution in [3.63, 3.8) is 0 Å². The summed E-state index contributed by atoms with van der Waals surface area (Å²) in [5, 5.41) is 27.4. The number of carbonyl (C=O) groups is 1. The van der Waals surface area contributed by atoms with Gasteiger partial charge in [-0.05, 0) is 42.7 Å². The minimum absolute atomic E-state index is 0.109. The van der Waals surface area contributed by atoms with Gasteiger partial charge in [0.2, 0.25) is 11.8 Å². The number of aliphatic hydroxyl groups is 2. The Balaban J connectivity index is 1.80. The highest BCUT2D eigenvalue weighted by atomic mass is 16.5. The first-order valence-corrected chi connectivity index (χ1v) is 11.2. The summed E-state index contributed by atoms with van der Waals surface area (Å²) in [5.41, 5.74) is 1.60. The van der Waals surface area contributed by atoms with Crippen LogP contribution in [-0.4, -0.2) is 51.5 Å². The van der Waals surface area contributed by atoms with Crippen LogP contribution >= 0.6 is 0 Å². The topological polar surface area (TPSA) is 104 Å². The summed E-state index contributed by atoms with van der Waals surface area (Å²) < 4.78 is 6.19. The van der Waals surface area contributed by atoms with Crippen molar-refractivity contribution >= 4 is 5.91 Å². The molecule has 1 spiro atoms. The molecule has 2 aliphatic rings. The lowest BCUT2D eigenvalue weighted by atomic mass is 9.70. The molecule has 0 unspecified atom stereocenters. The van der Waals surface area contributed by atoms with Crippen LogP contribution in [-0.2, 0) is 11.2 Å². The lowest BCUT2D eigenvalue weighted by Gasteiger charge is -2.50. The standard InChI is InChI=1S/C24H37N3O4/c1-6-7-18(27-15(2)28)20(29)14-25-19-12-24(9-8-21(24)30)31-22-17(19)10-16(13-26-22)11-23(3,4)5/h6,10,13,18-21,25,29-30H,1,7-9,11-12,14H2,2-5H3,(H,27,28)/t18-,19-,20+,21-,24-/m0/s1. The summed E-state index contributed by atoms with van der Waals surface area (Å²) in [4.78, 5) is 16.1. The smallest absolute Gasteiger partial charge is 0.218 e. The average molecular weight is 432 g/mol. The molecule has 0 bridgehead atoms. The second-order valence-corrected chi connectivity index (χ2v) is 10.3. The van der Waals surface area contributed by atoms with Crippen molar-refractivity contribution in [3.8, 4) is 5.88 Å². The van der Waals surface area contributed by atoms with E-state index >= 15 is 0 Å². The number of pyridine rings is 1. The second-order valence-electron chi connectivity index (χ2n) is 10.3. The molecular weight excluding hydrogens is 394 g/mol. The van der Waals surface area contributed by atoms with Crippen LogP contribution in [0.4, 0.5) is 0 Å². The molecule has 0 aromatic carbocycles. The molecule has 3 rings (SSSR count). The molecule has 0 radical (unpaired) electrons. The zero-order chi connectivity index (χ0) is 22.8. The second kappa shape index (κ2) is 9.27. The van der Waals surface area contributed by atoms with Gasteiger partial charge in [-0.15, -0.1) is 6.58 Å². The number of hydrogen-bond donors (Lipinski definition) is 4. The molecule has 7 nitrogen and oxygen atoms in total. The Morgan fingerprint density at radius 2 is 2.23 bits per heavy atom. The predicted molar refractivity (Wildman–Crippen MR) is 120 cm³/mol. The minimum atomic E-state index is -0.777. The van der Waals surface area contributed by atoms with E-state index in [1.807, 2.05) is 6.20 Å². The molecule has 1 saturated carbocycles. The highest BCUT2D eigenvalue weighted by Gasteiger charge is 2.53. The third kappa shape index (κ3) is 5.64. The molecule has 31 heavy (non-hydrogen) atoms. The third-order valence-electron chi connectivity index (χ3n) is 6.19. The van der Waals surface area contributed by atoms with Gasteiger partial charge in [-0.1, -0.05) is 26.8 Å². The summed E-state index contributed by atoms with van der Waals surface area (Å²) in [6.07, 6.45) is 5.74. The number of ether oxygens (including phenoxy) is 1. The van der Waals surface area contributed by atoms with Crippen LogP contribution in [0.15, 0.2) is 24.9 Å². The van der Waals surface area contributed by atoms with Crippen LogP contribution < -0.4 is 15.4 Å². The molecule has 5 atom stereocenters. The van der Waals surface area contributed by atoms with E-state index in [9.17, 15) is 15.0 Å². The van der Waals surface area contributed by atoms with Crippen LogP contribution in [0.3, 0.4) is 0 Å². The SMILES string of the molecule is C=CC[C@H](NC(C)=O)[C@H](O)CN[C@H]1C[C@]2(CC[C@@H]2O)Oc2ncc(CC(C)(C)C)cc21. The van der Waals surface area contributed by atoms with E-state index in [0.29, 0.717) is 25.3 Å². The zero-order valence-electron chi connectivity index (χ0n) is 19.1. The number of hydrogen-bond acceptors (Lipinski definition) is 6. The first-order chi connectivity index (χ1) is 14.5. The fourth-order valence-corrected chi connectivity index (χ4v) is 4.54. The Morgan fingerprint density at radius 1 is 1.48 bits per heavy atom. The van der Waals surface area contributed by atoms with E-state index in [1.54, 1.807) is 6.08 Å². The van der Waals surface area contributed by atoms with Gasteiger partial charge >= 0.3 is 0 Å². The summed E-state index contributed by atoms with van der Waals surface area (Å²) in [7, 11) is 0. The Kier molecular flexibility index (Phi) is 7.08. The fraction of sp³-hybridized carbons (Fsp3) is 0.667. The molecule has 172 valence electrons. The summed E-state index contributed by atoms with van der Waals surface area (Å²) in [6.45, 7) is 12.0. The van der Waals surface area contributed by atoms with Crippen LogP contribution in [0.5, 0.6) is 5.88 Å². The van der Waals surface area contributed by atoms with E-state index in [0.717, 1.165) is 30.4 Å². The Hall–Kier alpha value is -1.96. The van der Waals surface area contributed by atoms with Gasteiger partial charge in [-0.2, -0.15) is 0 Å². The molecule has 1 aliphatic carbocycles. The van der Waals surface area contributed by atoms with E-state index in [1.165, 1.54) is 6.92 Å². The maximum atomic E-state index is 11.5. The number of rotatable bonds is 8. The summed E-state index contributed by atoms with van der Waals surface area (Å²) in [6, 6.07) is 1.61. The van der Waals surface area contributed by atoms with Gasteiger partial charge in [0.15, 0.2) is 0 Å². The van der Waals surface area contributed by atoms with Crippen LogP contribution in [0, 0.1) is 5.41 Å². The van der Waals surface area contributed by atoms with Gasteiger partial charge in [0, 0.05) is 37.7 Å². The van der Waals surface area contributed by atoms with Gasteiger partial charge < -0.3 is 25.6 Å². The van der Waals surface area contributed by atoms with Gasteiger partial charge in [-0.25, -0.2) is 4.98 Å². The van der Waals surface area contributed by atoms with Crippen LogP contribution in [0.2, 0.25) is 0 Å². The number of nitrogens with one attached hydrogen (secondary N) is 2. The van der Waals surface area contributed by atoms with E-state index in [4.69, 9.17) is 4.74 Å². The summed E-state index contributed by atoms with van der Waals surface area (Å²) >= 11 is 0. The molecule has 0 saturated heterocycles. The number of nitrogens with zero attached hydrogens (tertiary/aromatic N) is 1. The number of fused-ring (bicyclic) bond motifs is 1. The summed E-state index contributed by atoms with van der Waals surface area (Å²) in [5.74, 6) is 0.369. The van der Waals surface area contributed by atoms with Crippen molar-refractivity contribution in [2.45, 2.75) is 89.7 Å². The molecule has 1 aromatic rings. The number of aliphatic hydroxyl groups excluding tert-OH is 2. The molecular formula is C24H37N3O4. The average Bonchev–Trinajstić information content (AvgIpc) is 2.68. The number of aromatic nitrogens is 1. The Labute approximate surface area is 185 Å². The lowest BCUT2D eigenvalue weighted by molar-refractivity contribution is -0.145. The zero-order valence-corrected chi connectivity index (χ0v) is 19.1. The molecule has 4 N–H and O–H groups in total. The molecule has 1 fully saturated rings. The predicted octanol–water partition coefficient (Wildman–Crippen LogP) is 2.42. The van der Waals surface area contributed by atoms with E-state index < -0.39 is 23.9 Å². The Bertz CT molecular complexity index is 807. The highest BCUT2D eigenvalue weighted by molar-refractivity contribution is 5.73. The van der Waals surface area contributed by atoms with Gasteiger partial charge in [0.1, 0.15) is 5.60 Å².